The Bertz CT molecular complexity index is 947. The Morgan fingerprint density at radius 3 is 2.65 bits per heavy atom. The van der Waals surface area contributed by atoms with Crippen LogP contribution >= 0.6 is 0 Å². The minimum Gasteiger partial charge on any atom is -0.393 e. The molecule has 0 saturated carbocycles. The maximum absolute atomic E-state index is 9.74. The van der Waals surface area contributed by atoms with E-state index in [1.807, 2.05) is 24.1 Å². The Morgan fingerprint density at radius 1 is 1.13 bits per heavy atom. The summed E-state index contributed by atoms with van der Waals surface area (Å²) < 4.78 is 3.97. The number of nitrogens with zero attached hydrogens (tertiary/aromatic N) is 9. The topological polar surface area (TPSA) is 101 Å². The summed E-state index contributed by atoms with van der Waals surface area (Å²) in [4.78, 5) is 13.3. The van der Waals surface area contributed by atoms with E-state index in [0.717, 1.165) is 75.0 Å². The normalized spacial score (nSPS) is 15.5. The summed E-state index contributed by atoms with van der Waals surface area (Å²) in [6.45, 7) is 7.32. The average molecular weight is 426 g/mol. The number of hydrogen-bond donors (Lipinski definition) is 1. The highest BCUT2D eigenvalue weighted by molar-refractivity contribution is 5.51. The van der Waals surface area contributed by atoms with Crippen LogP contribution in [0.5, 0.6) is 0 Å². The second-order valence-electron chi connectivity index (χ2n) is 8.03. The number of rotatable bonds is 9. The maximum Gasteiger partial charge on any atom is 0.227 e. The molecule has 1 aliphatic heterocycles. The molecule has 0 bridgehead atoms. The third kappa shape index (κ3) is 5.26. The number of aryl methyl sites for hydroxylation is 1. The van der Waals surface area contributed by atoms with E-state index in [2.05, 4.69) is 46.6 Å². The van der Waals surface area contributed by atoms with Gasteiger partial charge in [-0.05, 0) is 32.7 Å². The van der Waals surface area contributed by atoms with Crippen molar-refractivity contribution >= 4 is 5.95 Å². The number of hydrogen-bond acceptors (Lipinski definition) is 8. The summed E-state index contributed by atoms with van der Waals surface area (Å²) in [6, 6.07) is 0. The van der Waals surface area contributed by atoms with Crippen molar-refractivity contribution in [3.05, 3.63) is 36.5 Å². The van der Waals surface area contributed by atoms with Crippen LogP contribution in [0, 0.1) is 0 Å². The van der Waals surface area contributed by atoms with Crippen molar-refractivity contribution in [2.24, 2.45) is 7.05 Å². The zero-order valence-corrected chi connectivity index (χ0v) is 18.3. The summed E-state index contributed by atoms with van der Waals surface area (Å²) >= 11 is 0. The van der Waals surface area contributed by atoms with Crippen molar-refractivity contribution in [2.45, 2.75) is 45.4 Å². The number of piperidine rings is 1. The second-order valence-corrected chi connectivity index (χ2v) is 8.03. The maximum atomic E-state index is 9.74. The van der Waals surface area contributed by atoms with Gasteiger partial charge in [-0.1, -0.05) is 0 Å². The minimum atomic E-state index is -0.144. The average Bonchev–Trinajstić information content (AvgIpc) is 3.40. The molecular weight excluding hydrogens is 394 g/mol. The molecule has 4 rings (SSSR count). The molecule has 1 aliphatic rings. The molecule has 10 nitrogen and oxygen atoms in total. The van der Waals surface area contributed by atoms with Crippen molar-refractivity contribution in [1.82, 2.24) is 39.4 Å². The molecule has 0 amide bonds. The predicted molar refractivity (Wildman–Crippen MR) is 117 cm³/mol. The first kappa shape index (κ1) is 21.4. The van der Waals surface area contributed by atoms with Gasteiger partial charge in [0.1, 0.15) is 5.69 Å². The van der Waals surface area contributed by atoms with Gasteiger partial charge in [0, 0.05) is 63.9 Å². The molecule has 3 aromatic rings. The smallest absolute Gasteiger partial charge is 0.227 e. The Kier molecular flexibility index (Phi) is 6.88. The molecule has 1 fully saturated rings. The van der Waals surface area contributed by atoms with E-state index in [4.69, 9.17) is 0 Å². The Labute approximate surface area is 182 Å². The molecule has 1 saturated heterocycles. The van der Waals surface area contributed by atoms with Gasteiger partial charge in [0.25, 0.3) is 0 Å². The van der Waals surface area contributed by atoms with Crippen molar-refractivity contribution < 1.29 is 5.11 Å². The second kappa shape index (κ2) is 9.97. The fourth-order valence-corrected chi connectivity index (χ4v) is 4.03. The summed E-state index contributed by atoms with van der Waals surface area (Å²) in [5.41, 5.74) is 1.85. The third-order valence-corrected chi connectivity index (χ3v) is 5.73. The van der Waals surface area contributed by atoms with Crippen molar-refractivity contribution in [2.75, 3.05) is 31.1 Å². The van der Waals surface area contributed by atoms with E-state index in [1.165, 1.54) is 0 Å². The van der Waals surface area contributed by atoms with Gasteiger partial charge in [-0.15, -0.1) is 10.2 Å². The van der Waals surface area contributed by atoms with Crippen molar-refractivity contribution in [3.8, 4) is 11.5 Å². The van der Waals surface area contributed by atoms with Crippen molar-refractivity contribution in [3.63, 3.8) is 0 Å². The van der Waals surface area contributed by atoms with Gasteiger partial charge in [-0.25, -0.2) is 4.98 Å². The fourth-order valence-electron chi connectivity index (χ4n) is 4.03. The lowest BCUT2D eigenvalue weighted by Gasteiger charge is -2.29. The van der Waals surface area contributed by atoms with Crippen LogP contribution in [-0.4, -0.2) is 76.8 Å². The van der Waals surface area contributed by atoms with Crippen LogP contribution in [0.15, 0.2) is 31.0 Å². The van der Waals surface area contributed by atoms with Crippen LogP contribution in [0.3, 0.4) is 0 Å². The quantitative estimate of drug-likeness (QED) is 0.548. The first-order valence-electron chi connectivity index (χ1n) is 11.0. The van der Waals surface area contributed by atoms with Crippen LogP contribution in [0.2, 0.25) is 0 Å². The van der Waals surface area contributed by atoms with E-state index < -0.39 is 0 Å². The molecule has 0 aliphatic carbocycles. The Balaban J connectivity index is 1.53. The standard InChI is InChI=1S/C21H31N9O/c1-3-29(16-17-13-24-27(2)15-17)21-26-25-20(19-14-22-7-8-23-19)30(21)10-4-9-28-11-5-18(31)6-12-28/h7-8,13-15,18,31H,3-6,9-12,16H2,1-2H3. The number of anilines is 1. The molecule has 166 valence electrons. The molecule has 3 aromatic heterocycles. The van der Waals surface area contributed by atoms with Crippen LogP contribution in [0.1, 0.15) is 31.7 Å². The summed E-state index contributed by atoms with van der Waals surface area (Å²) in [7, 11) is 1.92. The molecule has 0 unspecified atom stereocenters. The van der Waals surface area contributed by atoms with Gasteiger partial charge in [0.2, 0.25) is 5.95 Å². The molecule has 10 heteroatoms. The molecule has 31 heavy (non-hydrogen) atoms. The number of likely N-dealkylation sites (tertiary alicyclic amines) is 1. The van der Waals surface area contributed by atoms with Crippen LogP contribution in [0.25, 0.3) is 11.5 Å². The first-order chi connectivity index (χ1) is 15.1. The highest BCUT2D eigenvalue weighted by atomic mass is 16.3. The van der Waals surface area contributed by atoms with E-state index >= 15 is 0 Å². The number of aliphatic hydroxyl groups excluding tert-OH is 1. The lowest BCUT2D eigenvalue weighted by molar-refractivity contribution is 0.0815. The van der Waals surface area contributed by atoms with Crippen LogP contribution in [0.4, 0.5) is 5.95 Å². The van der Waals surface area contributed by atoms with Gasteiger partial charge < -0.3 is 14.9 Å². The molecule has 1 N–H and O–H groups in total. The molecular formula is C21H31N9O. The minimum absolute atomic E-state index is 0.144. The highest BCUT2D eigenvalue weighted by Gasteiger charge is 2.21. The lowest BCUT2D eigenvalue weighted by Crippen LogP contribution is -2.36. The van der Waals surface area contributed by atoms with Gasteiger partial charge >= 0.3 is 0 Å². The zero-order valence-electron chi connectivity index (χ0n) is 18.3. The summed E-state index contributed by atoms with van der Waals surface area (Å²) in [6.07, 6.45) is 11.5. The summed E-state index contributed by atoms with van der Waals surface area (Å²) in [5, 5.41) is 23.0. The molecule has 0 aromatic carbocycles. The number of aromatic nitrogens is 7. The van der Waals surface area contributed by atoms with E-state index in [9.17, 15) is 5.11 Å². The fraction of sp³-hybridized carbons (Fsp3) is 0.571. The van der Waals surface area contributed by atoms with Crippen molar-refractivity contribution in [1.29, 1.82) is 0 Å². The third-order valence-electron chi connectivity index (χ3n) is 5.73. The van der Waals surface area contributed by atoms with E-state index in [1.54, 1.807) is 18.6 Å². The molecule has 4 heterocycles. The molecule has 0 spiro atoms. The monoisotopic (exact) mass is 425 g/mol. The number of aliphatic hydroxyl groups is 1. The van der Waals surface area contributed by atoms with Crippen LogP contribution in [-0.2, 0) is 20.1 Å². The van der Waals surface area contributed by atoms with E-state index in [-0.39, 0.29) is 6.10 Å². The van der Waals surface area contributed by atoms with E-state index in [0.29, 0.717) is 6.54 Å². The van der Waals surface area contributed by atoms with Gasteiger partial charge in [-0.2, -0.15) is 5.10 Å². The Morgan fingerprint density at radius 2 is 1.97 bits per heavy atom. The zero-order chi connectivity index (χ0) is 21.6. The summed E-state index contributed by atoms with van der Waals surface area (Å²) in [5.74, 6) is 1.57. The van der Waals surface area contributed by atoms with Gasteiger partial charge in [0.05, 0.1) is 18.5 Å². The van der Waals surface area contributed by atoms with Gasteiger partial charge in [0.15, 0.2) is 5.82 Å². The van der Waals surface area contributed by atoms with Crippen LogP contribution < -0.4 is 4.90 Å². The first-order valence-corrected chi connectivity index (χ1v) is 11.0. The Hall–Kier alpha value is -2.85. The lowest BCUT2D eigenvalue weighted by atomic mass is 10.1. The predicted octanol–water partition coefficient (Wildman–Crippen LogP) is 1.34. The SMILES string of the molecule is CCN(Cc1cnn(C)c1)c1nnc(-c2cnccn2)n1CCCN1CCC(O)CC1. The molecule has 0 radical (unpaired) electrons. The molecule has 0 atom stereocenters. The largest absolute Gasteiger partial charge is 0.393 e. The highest BCUT2D eigenvalue weighted by Crippen LogP contribution is 2.23. The van der Waals surface area contributed by atoms with Gasteiger partial charge in [-0.3, -0.25) is 14.2 Å².